The van der Waals surface area contributed by atoms with Crippen LogP contribution in [0.1, 0.15) is 21.5 Å². The number of benzene rings is 2. The van der Waals surface area contributed by atoms with Crippen LogP contribution in [0.3, 0.4) is 0 Å². The lowest BCUT2D eigenvalue weighted by Crippen LogP contribution is -2.13. The van der Waals surface area contributed by atoms with Gasteiger partial charge in [0.25, 0.3) is 5.91 Å². The molecule has 24 heavy (non-hydrogen) atoms. The average Bonchev–Trinajstić information content (AvgIpc) is 2.58. The fraction of sp³-hybridized carbons (Fsp3) is 0.105. The van der Waals surface area contributed by atoms with Crippen LogP contribution in [0.2, 0.25) is 0 Å². The molecule has 0 radical (unpaired) electrons. The van der Waals surface area contributed by atoms with Crippen molar-refractivity contribution >= 4 is 11.6 Å². The summed E-state index contributed by atoms with van der Waals surface area (Å²) >= 11 is 0. The summed E-state index contributed by atoms with van der Waals surface area (Å²) in [7, 11) is 0. The van der Waals surface area contributed by atoms with Crippen molar-refractivity contribution in [2.75, 3.05) is 5.32 Å². The number of anilines is 1. The zero-order chi connectivity index (χ0) is 17.1. The van der Waals surface area contributed by atoms with Crippen molar-refractivity contribution in [2.24, 2.45) is 0 Å². The number of hydrogen-bond donors (Lipinski definition) is 1. The van der Waals surface area contributed by atoms with Gasteiger partial charge >= 0.3 is 0 Å². The largest absolute Gasteiger partial charge is 0.322 e. The van der Waals surface area contributed by atoms with Crippen LogP contribution in [0.15, 0.2) is 54.9 Å². The molecule has 0 saturated heterocycles. The first-order chi connectivity index (χ1) is 11.5. The van der Waals surface area contributed by atoms with Gasteiger partial charge in [-0.05, 0) is 49.7 Å². The number of aryl methyl sites for hydroxylation is 2. The van der Waals surface area contributed by atoms with Crippen molar-refractivity contribution in [2.45, 2.75) is 13.8 Å². The Morgan fingerprint density at radius 3 is 2.29 bits per heavy atom. The number of halogens is 1. The molecule has 120 valence electrons. The highest BCUT2D eigenvalue weighted by molar-refractivity contribution is 6.04. The van der Waals surface area contributed by atoms with Crippen LogP contribution in [0.5, 0.6) is 0 Å². The lowest BCUT2D eigenvalue weighted by molar-refractivity contribution is 0.102. The third-order valence-corrected chi connectivity index (χ3v) is 3.65. The zero-order valence-electron chi connectivity index (χ0n) is 13.4. The second-order valence-corrected chi connectivity index (χ2v) is 5.57. The maximum absolute atomic E-state index is 12.9. The standard InChI is InChI=1S/C19H16FN3O/c1-12-3-8-17(13(2)9-12)23-19(24)15-10-21-18(22-11-15)14-4-6-16(20)7-5-14/h3-11H,1-2H3,(H,23,24). The first-order valence-corrected chi connectivity index (χ1v) is 7.49. The normalized spacial score (nSPS) is 10.5. The highest BCUT2D eigenvalue weighted by Gasteiger charge is 2.10. The van der Waals surface area contributed by atoms with E-state index in [9.17, 15) is 9.18 Å². The lowest BCUT2D eigenvalue weighted by atomic mass is 10.1. The van der Waals surface area contributed by atoms with E-state index in [0.717, 1.165) is 16.8 Å². The van der Waals surface area contributed by atoms with Crippen molar-refractivity contribution in [1.82, 2.24) is 9.97 Å². The Kier molecular flexibility index (Phi) is 4.33. The molecule has 0 atom stereocenters. The Morgan fingerprint density at radius 2 is 1.67 bits per heavy atom. The lowest BCUT2D eigenvalue weighted by Gasteiger charge is -2.09. The highest BCUT2D eigenvalue weighted by Crippen LogP contribution is 2.18. The molecule has 3 rings (SSSR count). The Morgan fingerprint density at radius 1 is 1.00 bits per heavy atom. The Balaban J connectivity index is 1.77. The summed E-state index contributed by atoms with van der Waals surface area (Å²) in [6.07, 6.45) is 2.93. The van der Waals surface area contributed by atoms with E-state index in [1.54, 1.807) is 12.1 Å². The van der Waals surface area contributed by atoms with Crippen molar-refractivity contribution < 1.29 is 9.18 Å². The molecule has 1 amide bonds. The summed E-state index contributed by atoms with van der Waals surface area (Å²) in [5, 5.41) is 2.85. The quantitative estimate of drug-likeness (QED) is 0.788. The molecule has 1 heterocycles. The summed E-state index contributed by atoms with van der Waals surface area (Å²) in [5.74, 6) is -0.145. The number of hydrogen-bond acceptors (Lipinski definition) is 3. The molecule has 0 unspecified atom stereocenters. The SMILES string of the molecule is Cc1ccc(NC(=O)c2cnc(-c3ccc(F)cc3)nc2)c(C)c1. The van der Waals surface area contributed by atoms with Gasteiger partial charge in [-0.25, -0.2) is 14.4 Å². The molecular formula is C19H16FN3O. The van der Waals surface area contributed by atoms with Crippen LogP contribution in [0, 0.1) is 19.7 Å². The van der Waals surface area contributed by atoms with Crippen molar-refractivity contribution in [3.8, 4) is 11.4 Å². The molecule has 1 N–H and O–H groups in total. The number of amides is 1. The van der Waals surface area contributed by atoms with Crippen LogP contribution >= 0.6 is 0 Å². The first-order valence-electron chi connectivity index (χ1n) is 7.49. The molecule has 0 aliphatic heterocycles. The number of carbonyl (C=O) groups excluding carboxylic acids is 1. The van der Waals surface area contributed by atoms with E-state index >= 15 is 0 Å². The number of aromatic nitrogens is 2. The molecule has 1 aromatic heterocycles. The van der Waals surface area contributed by atoms with Crippen molar-refractivity contribution in [1.29, 1.82) is 0 Å². The third-order valence-electron chi connectivity index (χ3n) is 3.65. The Bertz CT molecular complexity index is 874. The number of nitrogens with one attached hydrogen (secondary N) is 1. The van der Waals surface area contributed by atoms with Crippen LogP contribution in [-0.4, -0.2) is 15.9 Å². The van der Waals surface area contributed by atoms with Crippen molar-refractivity contribution in [3.05, 3.63) is 77.4 Å². The molecular weight excluding hydrogens is 305 g/mol. The molecule has 0 saturated carbocycles. The number of carbonyl (C=O) groups is 1. The fourth-order valence-corrected chi connectivity index (χ4v) is 2.34. The van der Waals surface area contributed by atoms with Crippen molar-refractivity contribution in [3.63, 3.8) is 0 Å². The molecule has 0 aliphatic rings. The molecule has 0 fully saturated rings. The number of nitrogens with zero attached hydrogens (tertiary/aromatic N) is 2. The van der Waals surface area contributed by atoms with Crippen LogP contribution in [0.4, 0.5) is 10.1 Å². The van der Waals surface area contributed by atoms with Crippen LogP contribution in [-0.2, 0) is 0 Å². The average molecular weight is 321 g/mol. The van der Waals surface area contributed by atoms with Gasteiger partial charge in [-0.15, -0.1) is 0 Å². The second kappa shape index (κ2) is 6.58. The highest BCUT2D eigenvalue weighted by atomic mass is 19.1. The van der Waals surface area contributed by atoms with Gasteiger partial charge in [-0.2, -0.15) is 0 Å². The van der Waals surface area contributed by atoms with Crippen LogP contribution < -0.4 is 5.32 Å². The molecule has 0 bridgehead atoms. The topological polar surface area (TPSA) is 54.9 Å². The summed E-state index contributed by atoms with van der Waals surface area (Å²) in [6.45, 7) is 3.94. The van der Waals surface area contributed by atoms with Gasteiger partial charge < -0.3 is 5.32 Å². The van der Waals surface area contributed by atoms with Gasteiger partial charge in [0.15, 0.2) is 5.82 Å². The minimum atomic E-state index is -0.316. The van der Waals surface area contributed by atoms with E-state index in [-0.39, 0.29) is 11.7 Å². The predicted octanol–water partition coefficient (Wildman–Crippen LogP) is 4.15. The maximum Gasteiger partial charge on any atom is 0.258 e. The van der Waals surface area contributed by atoms with E-state index in [2.05, 4.69) is 15.3 Å². The van der Waals surface area contributed by atoms with E-state index in [0.29, 0.717) is 17.0 Å². The van der Waals surface area contributed by atoms with E-state index < -0.39 is 0 Å². The second-order valence-electron chi connectivity index (χ2n) is 5.57. The van der Waals surface area contributed by atoms with E-state index in [1.807, 2.05) is 32.0 Å². The number of rotatable bonds is 3. The molecule has 3 aromatic rings. The van der Waals surface area contributed by atoms with Crippen LogP contribution in [0.25, 0.3) is 11.4 Å². The zero-order valence-corrected chi connectivity index (χ0v) is 13.4. The Hall–Kier alpha value is -3.08. The molecule has 0 aliphatic carbocycles. The summed E-state index contributed by atoms with van der Waals surface area (Å²) in [4.78, 5) is 20.7. The van der Waals surface area contributed by atoms with Gasteiger partial charge in [0.1, 0.15) is 5.82 Å². The van der Waals surface area contributed by atoms with E-state index in [4.69, 9.17) is 0 Å². The van der Waals surface area contributed by atoms with Gasteiger partial charge in [-0.3, -0.25) is 4.79 Å². The minimum absolute atomic E-state index is 0.271. The monoisotopic (exact) mass is 321 g/mol. The third kappa shape index (κ3) is 3.46. The summed E-state index contributed by atoms with van der Waals surface area (Å²) in [5.41, 5.74) is 3.94. The molecule has 5 heteroatoms. The smallest absolute Gasteiger partial charge is 0.258 e. The maximum atomic E-state index is 12.9. The molecule has 4 nitrogen and oxygen atoms in total. The fourth-order valence-electron chi connectivity index (χ4n) is 2.34. The molecule has 0 spiro atoms. The van der Waals surface area contributed by atoms with Gasteiger partial charge in [0.05, 0.1) is 5.56 Å². The minimum Gasteiger partial charge on any atom is -0.322 e. The predicted molar refractivity (Wildman–Crippen MR) is 91.3 cm³/mol. The summed E-state index contributed by atoms with van der Waals surface area (Å²) < 4.78 is 12.9. The van der Waals surface area contributed by atoms with Gasteiger partial charge in [0, 0.05) is 23.6 Å². The Labute approximate surface area is 139 Å². The first kappa shape index (κ1) is 15.8. The summed E-state index contributed by atoms with van der Waals surface area (Å²) in [6, 6.07) is 11.7. The van der Waals surface area contributed by atoms with Gasteiger partial charge in [0.2, 0.25) is 0 Å². The van der Waals surface area contributed by atoms with Gasteiger partial charge in [-0.1, -0.05) is 17.7 Å². The molecule has 2 aromatic carbocycles. The van der Waals surface area contributed by atoms with E-state index in [1.165, 1.54) is 24.5 Å².